The predicted molar refractivity (Wildman–Crippen MR) is 97.6 cm³/mol. The number of hydrogen-bond acceptors (Lipinski definition) is 1. The van der Waals surface area contributed by atoms with Gasteiger partial charge in [-0.25, -0.2) is 0 Å². The normalized spacial score (nSPS) is 10.7. The van der Waals surface area contributed by atoms with Crippen LogP contribution in [0.15, 0.2) is 24.3 Å². The van der Waals surface area contributed by atoms with E-state index >= 15 is 0 Å². The molecule has 0 bridgehead atoms. The number of benzene rings is 2. The zero-order chi connectivity index (χ0) is 15.0. The summed E-state index contributed by atoms with van der Waals surface area (Å²) in [6.45, 7) is 0. The molecule has 0 nitrogen and oxygen atoms in total. The van der Waals surface area contributed by atoms with Gasteiger partial charge in [0.25, 0.3) is 0 Å². The van der Waals surface area contributed by atoms with Crippen molar-refractivity contribution in [3.05, 3.63) is 54.9 Å². The van der Waals surface area contributed by atoms with E-state index in [0.29, 0.717) is 20.9 Å². The Bertz CT molecular complexity index is 683. The molecule has 2 aromatic rings. The molecule has 0 saturated heterocycles. The van der Waals surface area contributed by atoms with Crippen molar-refractivity contribution in [3.63, 3.8) is 0 Å². The van der Waals surface area contributed by atoms with Crippen molar-refractivity contribution in [1.29, 1.82) is 0 Å². The van der Waals surface area contributed by atoms with Gasteiger partial charge in [0.1, 0.15) is 0 Å². The SMILES string of the molecule is S=C(S)c1ccccc1-c1c(Cl)c(Cl)c(Cl)c(Cl)c1Cl. The molecule has 2 aromatic carbocycles. The van der Waals surface area contributed by atoms with Crippen LogP contribution in [0.4, 0.5) is 0 Å². The summed E-state index contributed by atoms with van der Waals surface area (Å²) in [7, 11) is 0. The Balaban J connectivity index is 2.88. The van der Waals surface area contributed by atoms with Crippen LogP contribution in [0.1, 0.15) is 5.56 Å². The molecule has 0 atom stereocenters. The van der Waals surface area contributed by atoms with Crippen LogP contribution >= 0.6 is 82.9 Å². The van der Waals surface area contributed by atoms with Crippen molar-refractivity contribution >= 4 is 87.0 Å². The lowest BCUT2D eigenvalue weighted by molar-refractivity contribution is 1.60. The van der Waals surface area contributed by atoms with Gasteiger partial charge in [0, 0.05) is 11.1 Å². The van der Waals surface area contributed by atoms with Crippen LogP contribution in [0.5, 0.6) is 0 Å². The second-order valence-corrected chi connectivity index (χ2v) is 6.84. The maximum absolute atomic E-state index is 6.26. The lowest BCUT2D eigenvalue weighted by Crippen LogP contribution is -1.95. The summed E-state index contributed by atoms with van der Waals surface area (Å²) in [5.41, 5.74) is 1.90. The van der Waals surface area contributed by atoms with Gasteiger partial charge in [0.05, 0.1) is 29.3 Å². The minimum absolute atomic E-state index is 0.123. The average Bonchev–Trinajstić information content (AvgIpc) is 2.43. The molecule has 0 unspecified atom stereocenters. The standard InChI is InChI=1S/C13H5Cl5S2/c14-8-7(9(15)11(17)12(18)10(8)16)5-3-1-2-4-6(5)13(19)20/h1-4H,(H,19,20). The fourth-order valence-corrected chi connectivity index (χ4v) is 3.44. The number of rotatable bonds is 2. The van der Waals surface area contributed by atoms with Crippen LogP contribution in [0.25, 0.3) is 11.1 Å². The summed E-state index contributed by atoms with van der Waals surface area (Å²) in [4.78, 5) is 0. The summed E-state index contributed by atoms with van der Waals surface area (Å²) in [5, 5.41) is 0.874. The first-order valence-corrected chi connectivity index (χ1v) is 7.95. The summed E-state index contributed by atoms with van der Waals surface area (Å²) in [6.07, 6.45) is 0. The number of thiol groups is 1. The summed E-state index contributed by atoms with van der Waals surface area (Å²) < 4.78 is 0.412. The van der Waals surface area contributed by atoms with Crippen molar-refractivity contribution < 1.29 is 0 Å². The monoisotopic (exact) mass is 400 g/mol. The van der Waals surface area contributed by atoms with Crippen LogP contribution in [0, 0.1) is 0 Å². The zero-order valence-corrected chi connectivity index (χ0v) is 15.0. The van der Waals surface area contributed by atoms with E-state index in [9.17, 15) is 0 Å². The van der Waals surface area contributed by atoms with E-state index in [-0.39, 0.29) is 25.1 Å². The van der Waals surface area contributed by atoms with E-state index in [1.54, 1.807) is 0 Å². The fourth-order valence-electron chi connectivity index (χ4n) is 1.73. The minimum Gasteiger partial charge on any atom is -0.131 e. The highest BCUT2D eigenvalue weighted by atomic mass is 35.5. The first kappa shape index (κ1) is 16.7. The van der Waals surface area contributed by atoms with E-state index in [2.05, 4.69) is 12.6 Å². The molecule has 0 fully saturated rings. The molecule has 0 aliphatic carbocycles. The molecule has 0 amide bonds. The highest BCUT2D eigenvalue weighted by Crippen LogP contribution is 2.48. The van der Waals surface area contributed by atoms with Gasteiger partial charge in [0.15, 0.2) is 0 Å². The number of thiocarbonyl (C=S) groups is 1. The summed E-state index contributed by atoms with van der Waals surface area (Å²) >= 11 is 40.0. The summed E-state index contributed by atoms with van der Waals surface area (Å²) in [5.74, 6) is 0. The fraction of sp³-hybridized carbons (Fsp3) is 0. The molecular weight excluding hydrogens is 398 g/mol. The van der Waals surface area contributed by atoms with Crippen molar-refractivity contribution in [2.45, 2.75) is 0 Å². The molecule has 0 N–H and O–H groups in total. The zero-order valence-electron chi connectivity index (χ0n) is 9.55. The van der Waals surface area contributed by atoms with Crippen LogP contribution in [0.2, 0.25) is 25.1 Å². The lowest BCUT2D eigenvalue weighted by Gasteiger charge is -2.15. The maximum Gasteiger partial charge on any atom is 0.0809 e. The highest BCUT2D eigenvalue weighted by Gasteiger charge is 2.22. The molecule has 7 heteroatoms. The highest BCUT2D eigenvalue weighted by molar-refractivity contribution is 8.11. The molecule has 0 aliphatic rings. The third kappa shape index (κ3) is 2.93. The molecular formula is C13H5Cl5S2. The van der Waals surface area contributed by atoms with Crippen molar-refractivity contribution in [2.24, 2.45) is 0 Å². The molecule has 104 valence electrons. The predicted octanol–water partition coefficient (Wildman–Crippen LogP) is 7.23. The Morgan fingerprint density at radius 3 is 1.75 bits per heavy atom. The van der Waals surface area contributed by atoms with Gasteiger partial charge >= 0.3 is 0 Å². The van der Waals surface area contributed by atoms with Gasteiger partial charge in [-0.05, 0) is 5.56 Å². The van der Waals surface area contributed by atoms with Crippen LogP contribution in [0.3, 0.4) is 0 Å². The van der Waals surface area contributed by atoms with Crippen molar-refractivity contribution in [3.8, 4) is 11.1 Å². The first-order chi connectivity index (χ1) is 9.36. The average molecular weight is 403 g/mol. The Morgan fingerprint density at radius 2 is 1.25 bits per heavy atom. The van der Waals surface area contributed by atoms with E-state index in [1.165, 1.54) is 0 Å². The van der Waals surface area contributed by atoms with Crippen LogP contribution in [-0.2, 0) is 0 Å². The summed E-state index contributed by atoms with van der Waals surface area (Å²) in [6, 6.07) is 7.29. The van der Waals surface area contributed by atoms with E-state index < -0.39 is 0 Å². The van der Waals surface area contributed by atoms with Gasteiger partial charge < -0.3 is 0 Å². The molecule has 20 heavy (non-hydrogen) atoms. The van der Waals surface area contributed by atoms with Gasteiger partial charge in [-0.2, -0.15) is 0 Å². The van der Waals surface area contributed by atoms with Gasteiger partial charge in [-0.15, -0.1) is 12.6 Å². The second-order valence-electron chi connectivity index (χ2n) is 3.80. The Hall–Kier alpha value is 0.330. The molecule has 0 radical (unpaired) electrons. The third-order valence-corrected chi connectivity index (χ3v) is 5.37. The van der Waals surface area contributed by atoms with E-state index in [4.69, 9.17) is 70.2 Å². The van der Waals surface area contributed by atoms with Crippen LogP contribution < -0.4 is 0 Å². The van der Waals surface area contributed by atoms with Gasteiger partial charge in [-0.1, -0.05) is 94.5 Å². The Morgan fingerprint density at radius 1 is 0.800 bits per heavy atom. The molecule has 0 aliphatic heterocycles. The lowest BCUT2D eigenvalue weighted by atomic mass is 10.0. The Labute approximate surface area is 152 Å². The molecule has 0 spiro atoms. The molecule has 2 rings (SSSR count). The largest absolute Gasteiger partial charge is 0.131 e. The smallest absolute Gasteiger partial charge is 0.0809 e. The number of hydrogen-bond donors (Lipinski definition) is 1. The van der Waals surface area contributed by atoms with E-state index in [0.717, 1.165) is 0 Å². The van der Waals surface area contributed by atoms with Gasteiger partial charge in [-0.3, -0.25) is 0 Å². The maximum atomic E-state index is 6.26. The minimum atomic E-state index is 0.123. The Kier molecular flexibility index (Phi) is 5.52. The van der Waals surface area contributed by atoms with Crippen molar-refractivity contribution in [2.75, 3.05) is 0 Å². The topological polar surface area (TPSA) is 0 Å². The van der Waals surface area contributed by atoms with Crippen molar-refractivity contribution in [1.82, 2.24) is 0 Å². The second kappa shape index (κ2) is 6.62. The first-order valence-electron chi connectivity index (χ1n) is 5.20. The van der Waals surface area contributed by atoms with Gasteiger partial charge in [0.2, 0.25) is 0 Å². The van der Waals surface area contributed by atoms with E-state index in [1.807, 2.05) is 24.3 Å². The number of halogens is 5. The molecule has 0 heterocycles. The third-order valence-electron chi connectivity index (χ3n) is 2.64. The van der Waals surface area contributed by atoms with Crippen LogP contribution in [-0.4, -0.2) is 4.20 Å². The molecule has 0 aromatic heterocycles. The molecule has 0 saturated carbocycles. The quantitative estimate of drug-likeness (QED) is 0.239.